The predicted molar refractivity (Wildman–Crippen MR) is 87.6 cm³/mol. The fourth-order valence-electron chi connectivity index (χ4n) is 2.73. The van der Waals surface area contributed by atoms with Gasteiger partial charge in [0, 0.05) is 27.8 Å². The summed E-state index contributed by atoms with van der Waals surface area (Å²) in [5, 5.41) is 3.29. The van der Waals surface area contributed by atoms with Crippen molar-refractivity contribution in [1.29, 1.82) is 0 Å². The molecule has 0 aliphatic heterocycles. The fraction of sp³-hybridized carbons (Fsp3) is 0.929. The van der Waals surface area contributed by atoms with Gasteiger partial charge in [-0.2, -0.15) is 0 Å². The number of hydrogen-bond acceptors (Lipinski definition) is 3. The van der Waals surface area contributed by atoms with E-state index in [-0.39, 0.29) is 29.6 Å². The Labute approximate surface area is 131 Å². The summed E-state index contributed by atoms with van der Waals surface area (Å²) in [6.45, 7) is 5.77. The number of amides is 1. The van der Waals surface area contributed by atoms with Crippen LogP contribution in [0.25, 0.3) is 0 Å². The summed E-state index contributed by atoms with van der Waals surface area (Å²) in [6, 6.07) is 0.140. The van der Waals surface area contributed by atoms with Crippen LogP contribution in [0.2, 0.25) is 0 Å². The Morgan fingerprint density at radius 3 is 2.60 bits per heavy atom. The van der Waals surface area contributed by atoms with Gasteiger partial charge in [-0.25, -0.2) is 0 Å². The van der Waals surface area contributed by atoms with E-state index in [9.17, 15) is 9.00 Å². The van der Waals surface area contributed by atoms with Crippen LogP contribution in [0.1, 0.15) is 59.3 Å². The monoisotopic (exact) mass is 324 g/mol. The van der Waals surface area contributed by atoms with E-state index >= 15 is 0 Å². The van der Waals surface area contributed by atoms with E-state index in [2.05, 4.69) is 5.32 Å². The molecule has 0 radical (unpaired) electrons. The molecule has 3 N–H and O–H groups in total. The molecule has 20 heavy (non-hydrogen) atoms. The maximum absolute atomic E-state index is 12.2. The molecular formula is C14H29ClN2O2S. The highest BCUT2D eigenvalue weighted by atomic mass is 35.5. The van der Waals surface area contributed by atoms with Crippen LogP contribution in [0.5, 0.6) is 0 Å². The van der Waals surface area contributed by atoms with Crippen molar-refractivity contribution in [2.45, 2.75) is 76.1 Å². The Morgan fingerprint density at radius 1 is 1.40 bits per heavy atom. The van der Waals surface area contributed by atoms with Crippen molar-refractivity contribution in [3.05, 3.63) is 0 Å². The molecule has 0 heterocycles. The average Bonchev–Trinajstić information content (AvgIpc) is 2.38. The van der Waals surface area contributed by atoms with Gasteiger partial charge >= 0.3 is 0 Å². The number of carbonyl (C=O) groups excluding carboxylic acids is 1. The molecule has 0 bridgehead atoms. The second-order valence-corrected chi connectivity index (χ2v) is 7.80. The van der Waals surface area contributed by atoms with Crippen molar-refractivity contribution in [2.24, 2.45) is 5.73 Å². The largest absolute Gasteiger partial charge is 0.352 e. The smallest absolute Gasteiger partial charge is 0.240 e. The second-order valence-electron chi connectivity index (χ2n) is 5.80. The number of carbonyl (C=O) groups is 1. The van der Waals surface area contributed by atoms with Crippen molar-refractivity contribution in [3.8, 4) is 0 Å². The molecule has 6 heteroatoms. The highest BCUT2D eigenvalue weighted by molar-refractivity contribution is 7.85. The number of nitrogens with two attached hydrogens (primary N) is 1. The Bertz CT molecular complexity index is 337. The standard InChI is InChI=1S/C14H28N2O2S.ClH/c1-4-9-14(3,15)13(17)16-11-7-6-8-12(10-11)19(18)5-2;/h11-12H,4-10,15H2,1-3H3,(H,16,17);1H. The van der Waals surface area contributed by atoms with Gasteiger partial charge in [0.25, 0.3) is 0 Å². The molecule has 0 spiro atoms. The first-order valence-electron chi connectivity index (χ1n) is 7.37. The van der Waals surface area contributed by atoms with Gasteiger partial charge in [0.05, 0.1) is 5.54 Å². The Kier molecular flexibility index (Phi) is 8.95. The molecule has 1 aliphatic carbocycles. The minimum Gasteiger partial charge on any atom is -0.352 e. The lowest BCUT2D eigenvalue weighted by atomic mass is 9.92. The topological polar surface area (TPSA) is 72.2 Å². The molecule has 4 unspecified atom stereocenters. The van der Waals surface area contributed by atoms with Crippen molar-refractivity contribution < 1.29 is 9.00 Å². The van der Waals surface area contributed by atoms with E-state index in [1.165, 1.54) is 0 Å². The molecule has 4 nitrogen and oxygen atoms in total. The molecule has 0 aromatic heterocycles. The third kappa shape index (κ3) is 5.70. The predicted octanol–water partition coefficient (Wildman–Crippen LogP) is 2.12. The molecule has 4 atom stereocenters. The summed E-state index contributed by atoms with van der Waals surface area (Å²) in [5.74, 6) is 0.637. The maximum atomic E-state index is 12.2. The second kappa shape index (κ2) is 9.00. The van der Waals surface area contributed by atoms with Gasteiger partial charge in [0.2, 0.25) is 5.91 Å². The minimum atomic E-state index is -0.786. The molecule has 0 aromatic carbocycles. The summed E-state index contributed by atoms with van der Waals surface area (Å²) in [4.78, 5) is 12.2. The van der Waals surface area contributed by atoms with Crippen molar-refractivity contribution in [1.82, 2.24) is 5.32 Å². The van der Waals surface area contributed by atoms with E-state index in [0.717, 1.165) is 32.1 Å². The van der Waals surface area contributed by atoms with Gasteiger partial charge in [-0.1, -0.05) is 26.7 Å². The molecule has 1 fully saturated rings. The van der Waals surface area contributed by atoms with Crippen molar-refractivity contribution in [3.63, 3.8) is 0 Å². The highest BCUT2D eigenvalue weighted by Crippen LogP contribution is 2.23. The molecular weight excluding hydrogens is 296 g/mol. The SMILES string of the molecule is CCCC(C)(N)C(=O)NC1CCCC(S(=O)CC)C1.Cl. The van der Waals surface area contributed by atoms with E-state index in [0.29, 0.717) is 12.2 Å². The summed E-state index contributed by atoms with van der Waals surface area (Å²) >= 11 is 0. The molecule has 1 rings (SSSR count). The molecule has 1 aliphatic rings. The summed E-state index contributed by atoms with van der Waals surface area (Å²) in [5.41, 5.74) is 5.25. The van der Waals surface area contributed by atoms with Crippen LogP contribution in [0.3, 0.4) is 0 Å². The van der Waals surface area contributed by atoms with Crippen molar-refractivity contribution >= 4 is 29.1 Å². The molecule has 1 amide bonds. The zero-order valence-electron chi connectivity index (χ0n) is 12.8. The van der Waals surface area contributed by atoms with Crippen LogP contribution < -0.4 is 11.1 Å². The first-order chi connectivity index (χ1) is 8.90. The lowest BCUT2D eigenvalue weighted by Gasteiger charge is -2.32. The molecule has 0 saturated heterocycles. The van der Waals surface area contributed by atoms with Gasteiger partial charge in [0.15, 0.2) is 0 Å². The first-order valence-corrected chi connectivity index (χ1v) is 8.76. The van der Waals surface area contributed by atoms with Crippen LogP contribution in [0, 0.1) is 0 Å². The van der Waals surface area contributed by atoms with Gasteiger partial charge in [-0.15, -0.1) is 12.4 Å². The summed E-state index contributed by atoms with van der Waals surface area (Å²) in [7, 11) is -0.756. The van der Waals surface area contributed by atoms with Gasteiger partial charge in [-0.3, -0.25) is 9.00 Å². The van der Waals surface area contributed by atoms with Crippen LogP contribution in [-0.2, 0) is 15.6 Å². The quantitative estimate of drug-likeness (QED) is 0.786. The summed E-state index contributed by atoms with van der Waals surface area (Å²) < 4.78 is 11.9. The maximum Gasteiger partial charge on any atom is 0.240 e. The Balaban J connectivity index is 0.00000361. The number of rotatable bonds is 6. The third-order valence-electron chi connectivity index (χ3n) is 3.91. The molecule has 0 aromatic rings. The molecule has 1 saturated carbocycles. The van der Waals surface area contributed by atoms with E-state index in [1.54, 1.807) is 6.92 Å². The van der Waals surface area contributed by atoms with Crippen molar-refractivity contribution in [2.75, 3.05) is 5.75 Å². The third-order valence-corrected chi connectivity index (χ3v) is 5.65. The lowest BCUT2D eigenvalue weighted by Crippen LogP contribution is -2.55. The Morgan fingerprint density at radius 2 is 2.05 bits per heavy atom. The lowest BCUT2D eigenvalue weighted by molar-refractivity contribution is -0.127. The number of hydrogen-bond donors (Lipinski definition) is 2. The average molecular weight is 325 g/mol. The number of halogens is 1. The van der Waals surface area contributed by atoms with E-state index < -0.39 is 16.3 Å². The van der Waals surface area contributed by atoms with E-state index in [4.69, 9.17) is 5.73 Å². The summed E-state index contributed by atoms with van der Waals surface area (Å²) in [6.07, 6.45) is 5.45. The minimum absolute atomic E-state index is 0. The Hall–Kier alpha value is -0.130. The molecule has 120 valence electrons. The van der Waals surface area contributed by atoms with Crippen LogP contribution in [0.4, 0.5) is 0 Å². The zero-order chi connectivity index (χ0) is 14.5. The zero-order valence-corrected chi connectivity index (χ0v) is 14.4. The van der Waals surface area contributed by atoms with Gasteiger partial charge in [-0.05, 0) is 32.6 Å². The van der Waals surface area contributed by atoms with Crippen LogP contribution in [-0.4, -0.2) is 32.7 Å². The number of nitrogens with one attached hydrogen (secondary N) is 1. The first kappa shape index (κ1) is 19.9. The van der Waals surface area contributed by atoms with Crippen LogP contribution >= 0.6 is 12.4 Å². The highest BCUT2D eigenvalue weighted by Gasteiger charge is 2.32. The van der Waals surface area contributed by atoms with Crippen LogP contribution in [0.15, 0.2) is 0 Å². The fourth-order valence-corrected chi connectivity index (χ4v) is 4.08. The normalized spacial score (nSPS) is 27.0. The van der Waals surface area contributed by atoms with Gasteiger partial charge in [0.1, 0.15) is 0 Å². The van der Waals surface area contributed by atoms with Gasteiger partial charge < -0.3 is 11.1 Å². The van der Waals surface area contributed by atoms with E-state index in [1.807, 2.05) is 13.8 Å².